The maximum Gasteiger partial charge on any atom is 0.254 e. The zero-order valence-corrected chi connectivity index (χ0v) is 17.6. The van der Waals surface area contributed by atoms with Crippen molar-refractivity contribution in [2.75, 3.05) is 33.7 Å². The smallest absolute Gasteiger partial charge is 0.254 e. The third-order valence-electron chi connectivity index (χ3n) is 6.38. The Balaban J connectivity index is 1.51. The van der Waals surface area contributed by atoms with Crippen molar-refractivity contribution in [3.05, 3.63) is 64.1 Å². The number of H-pyrrole nitrogens is 1. The van der Waals surface area contributed by atoms with E-state index < -0.39 is 0 Å². The molecule has 3 atom stereocenters. The van der Waals surface area contributed by atoms with Gasteiger partial charge in [-0.05, 0) is 43.8 Å². The molecule has 1 amide bonds. The Morgan fingerprint density at radius 1 is 1.16 bits per heavy atom. The van der Waals surface area contributed by atoms with E-state index in [2.05, 4.69) is 25.5 Å². The number of carbonyl (C=O) groups excluding carboxylic acids is 1. The van der Waals surface area contributed by atoms with Crippen LogP contribution in [0.5, 0.6) is 0 Å². The quantitative estimate of drug-likeness (QED) is 0.686. The summed E-state index contributed by atoms with van der Waals surface area (Å²) in [5.74, 6) is 0.733. The molecule has 9 heteroatoms. The van der Waals surface area contributed by atoms with Crippen LogP contribution < -0.4 is 5.56 Å². The van der Waals surface area contributed by atoms with Gasteiger partial charge in [0.15, 0.2) is 0 Å². The fourth-order valence-corrected chi connectivity index (χ4v) is 5.13. The molecule has 2 bridgehead atoms. The minimum absolute atomic E-state index is 0.0366. The van der Waals surface area contributed by atoms with Gasteiger partial charge in [-0.1, -0.05) is 24.3 Å². The highest BCUT2D eigenvalue weighted by Crippen LogP contribution is 2.41. The van der Waals surface area contributed by atoms with E-state index in [9.17, 15) is 9.59 Å². The van der Waals surface area contributed by atoms with Crippen LogP contribution in [0.1, 0.15) is 34.4 Å². The second-order valence-corrected chi connectivity index (χ2v) is 8.67. The van der Waals surface area contributed by atoms with Crippen LogP contribution in [0, 0.1) is 5.92 Å². The first-order valence-corrected chi connectivity index (χ1v) is 10.5. The number of hydrogen-bond acceptors (Lipinski definition) is 6. The molecular weight excluding hydrogens is 394 g/mol. The summed E-state index contributed by atoms with van der Waals surface area (Å²) >= 11 is 0. The molecule has 0 aliphatic carbocycles. The van der Waals surface area contributed by atoms with Crippen LogP contribution in [0.4, 0.5) is 0 Å². The average molecular weight is 419 g/mol. The third kappa shape index (κ3) is 3.44. The predicted octanol–water partition coefficient (Wildman–Crippen LogP) is 1.39. The largest absolute Gasteiger partial charge is 0.338 e. The average Bonchev–Trinajstić information content (AvgIpc) is 3.31. The number of benzene rings is 1. The van der Waals surface area contributed by atoms with Gasteiger partial charge in [-0.3, -0.25) is 9.59 Å². The fraction of sp³-hybridized carbons (Fsp3) is 0.409. The molecular formula is C22H25N7O2. The van der Waals surface area contributed by atoms with Crippen molar-refractivity contribution >= 4 is 5.91 Å². The van der Waals surface area contributed by atoms with Crippen molar-refractivity contribution in [2.45, 2.75) is 18.4 Å². The molecule has 9 nitrogen and oxygen atoms in total. The highest BCUT2D eigenvalue weighted by molar-refractivity contribution is 6.00. The van der Waals surface area contributed by atoms with E-state index in [-0.39, 0.29) is 29.3 Å². The van der Waals surface area contributed by atoms with E-state index >= 15 is 0 Å². The molecule has 2 aliphatic rings. The summed E-state index contributed by atoms with van der Waals surface area (Å²) in [5.41, 5.74) is 2.30. The number of pyridine rings is 1. The molecule has 0 saturated carbocycles. The van der Waals surface area contributed by atoms with Crippen LogP contribution in [0.2, 0.25) is 0 Å². The fourth-order valence-electron chi connectivity index (χ4n) is 5.13. The lowest BCUT2D eigenvalue weighted by Gasteiger charge is -2.47. The van der Waals surface area contributed by atoms with E-state index in [1.807, 2.05) is 60.0 Å². The number of aromatic nitrogens is 5. The molecule has 2 aromatic heterocycles. The lowest BCUT2D eigenvalue weighted by Crippen LogP contribution is -2.52. The van der Waals surface area contributed by atoms with Crippen LogP contribution in [-0.4, -0.2) is 74.6 Å². The molecule has 0 spiro atoms. The van der Waals surface area contributed by atoms with E-state index in [1.54, 1.807) is 6.07 Å². The molecule has 0 unspecified atom stereocenters. The first kappa shape index (κ1) is 19.6. The lowest BCUT2D eigenvalue weighted by molar-refractivity contribution is 0.0499. The van der Waals surface area contributed by atoms with Gasteiger partial charge >= 0.3 is 0 Å². The zero-order chi connectivity index (χ0) is 21.5. The van der Waals surface area contributed by atoms with E-state index in [4.69, 9.17) is 0 Å². The number of nitrogens with zero attached hydrogens (tertiary/aromatic N) is 6. The summed E-state index contributed by atoms with van der Waals surface area (Å²) in [6.07, 6.45) is 0.984. The topological polar surface area (TPSA) is 100 Å². The van der Waals surface area contributed by atoms with Gasteiger partial charge in [0.25, 0.3) is 11.5 Å². The van der Waals surface area contributed by atoms with Gasteiger partial charge in [0.05, 0.1) is 11.6 Å². The molecule has 2 aliphatic heterocycles. The van der Waals surface area contributed by atoms with E-state index in [0.717, 1.165) is 18.7 Å². The number of tetrazole rings is 1. The minimum Gasteiger partial charge on any atom is -0.338 e. The second-order valence-electron chi connectivity index (χ2n) is 8.67. The van der Waals surface area contributed by atoms with Gasteiger partial charge in [0.1, 0.15) is 0 Å². The van der Waals surface area contributed by atoms with Crippen molar-refractivity contribution in [3.8, 4) is 11.4 Å². The zero-order valence-electron chi connectivity index (χ0n) is 17.6. The Kier molecular flexibility index (Phi) is 4.90. The number of rotatable bonds is 4. The number of piperidine rings is 1. The van der Waals surface area contributed by atoms with Gasteiger partial charge < -0.3 is 14.4 Å². The number of hydrogen-bond donors (Lipinski definition) is 1. The molecule has 3 aromatic rings. The van der Waals surface area contributed by atoms with Crippen LogP contribution in [0.25, 0.3) is 11.4 Å². The summed E-state index contributed by atoms with van der Waals surface area (Å²) in [7, 11) is 4.04. The summed E-state index contributed by atoms with van der Waals surface area (Å²) < 4.78 is 1.97. The van der Waals surface area contributed by atoms with Crippen LogP contribution in [0.15, 0.2) is 47.3 Å². The molecule has 1 saturated heterocycles. The Labute approximate surface area is 179 Å². The predicted molar refractivity (Wildman–Crippen MR) is 115 cm³/mol. The number of amides is 1. The minimum atomic E-state index is -0.0366. The van der Waals surface area contributed by atoms with Crippen molar-refractivity contribution in [1.82, 2.24) is 35.0 Å². The Morgan fingerprint density at radius 3 is 2.77 bits per heavy atom. The summed E-state index contributed by atoms with van der Waals surface area (Å²) in [6, 6.07) is 12.9. The summed E-state index contributed by atoms with van der Waals surface area (Å²) in [4.78, 5) is 30.4. The monoisotopic (exact) mass is 419 g/mol. The molecule has 1 aromatic carbocycles. The van der Waals surface area contributed by atoms with Crippen molar-refractivity contribution in [3.63, 3.8) is 0 Å². The standard InChI is InChI=1S/C22H25N7O2/c1-27(2)13-19-15-10-14(18-8-5-9-20(30)29(18)19)11-28(12-15)22(31)17-7-4-3-6-16(17)21-23-25-26-24-21/h3-9,14-15,19H,10-13H2,1-2H3,(H,23,24,25,26)/t14-,15+,19+/m1/s1. The van der Waals surface area contributed by atoms with E-state index in [0.29, 0.717) is 30.0 Å². The number of fused-ring (bicyclic) bond motifs is 4. The van der Waals surface area contributed by atoms with Crippen molar-refractivity contribution < 1.29 is 4.79 Å². The lowest BCUT2D eigenvalue weighted by atomic mass is 9.78. The van der Waals surface area contributed by atoms with Crippen LogP contribution in [-0.2, 0) is 0 Å². The van der Waals surface area contributed by atoms with Gasteiger partial charge in [-0.15, -0.1) is 10.2 Å². The van der Waals surface area contributed by atoms with Gasteiger partial charge in [-0.2, -0.15) is 5.21 Å². The molecule has 0 radical (unpaired) electrons. The number of likely N-dealkylation sites (tertiary alicyclic amines) is 1. The highest BCUT2D eigenvalue weighted by Gasteiger charge is 2.42. The Bertz CT molecular complexity index is 1150. The SMILES string of the molecule is CN(C)C[C@H]1[C@H]2C[C@H](CN(C(=O)c3ccccc3-c3nn[nH]n3)C2)c2cccc(=O)n21. The maximum atomic E-state index is 13.6. The Morgan fingerprint density at radius 2 is 2.00 bits per heavy atom. The molecule has 1 N–H and O–H groups in total. The summed E-state index contributed by atoms with van der Waals surface area (Å²) in [6.45, 7) is 1.97. The van der Waals surface area contributed by atoms with Crippen LogP contribution >= 0.6 is 0 Å². The molecule has 31 heavy (non-hydrogen) atoms. The highest BCUT2D eigenvalue weighted by atomic mass is 16.2. The van der Waals surface area contributed by atoms with Crippen molar-refractivity contribution in [1.29, 1.82) is 0 Å². The number of nitrogens with one attached hydrogen (secondary N) is 1. The first-order valence-electron chi connectivity index (χ1n) is 10.5. The normalized spacial score (nSPS) is 22.4. The van der Waals surface area contributed by atoms with E-state index in [1.165, 1.54) is 0 Å². The number of carbonyl (C=O) groups is 1. The van der Waals surface area contributed by atoms with Gasteiger partial charge in [0, 0.05) is 42.9 Å². The third-order valence-corrected chi connectivity index (χ3v) is 6.38. The molecule has 1 fully saturated rings. The van der Waals surface area contributed by atoms with Crippen molar-refractivity contribution in [2.24, 2.45) is 5.92 Å². The summed E-state index contributed by atoms with van der Waals surface area (Å²) in [5, 5.41) is 14.2. The Hall–Kier alpha value is -3.33. The number of aromatic amines is 1. The van der Waals surface area contributed by atoms with Gasteiger partial charge in [0.2, 0.25) is 5.82 Å². The number of likely N-dealkylation sites (N-methyl/N-ethyl adjacent to an activating group) is 1. The molecule has 160 valence electrons. The van der Waals surface area contributed by atoms with Crippen LogP contribution in [0.3, 0.4) is 0 Å². The first-order chi connectivity index (χ1) is 15.0. The molecule has 4 heterocycles. The molecule has 5 rings (SSSR count). The second kappa shape index (κ2) is 7.73. The van der Waals surface area contributed by atoms with Gasteiger partial charge in [-0.25, -0.2) is 0 Å². The maximum absolute atomic E-state index is 13.6.